The molecule has 0 saturated heterocycles. The van der Waals surface area contributed by atoms with Gasteiger partial charge in [0.2, 0.25) is 0 Å². The van der Waals surface area contributed by atoms with Gasteiger partial charge in [-0.05, 0) is 26.7 Å². The lowest BCUT2D eigenvalue weighted by Crippen LogP contribution is -2.59. The smallest absolute Gasteiger partial charge is 0.329 e. The van der Waals surface area contributed by atoms with E-state index in [1.54, 1.807) is 0 Å². The van der Waals surface area contributed by atoms with Gasteiger partial charge in [0.15, 0.2) is 0 Å². The summed E-state index contributed by atoms with van der Waals surface area (Å²) in [6.07, 6.45) is 4.59. The van der Waals surface area contributed by atoms with Crippen LogP contribution in [0.5, 0.6) is 0 Å². The van der Waals surface area contributed by atoms with E-state index in [2.05, 4.69) is 5.32 Å². The van der Waals surface area contributed by atoms with Gasteiger partial charge in [-0.3, -0.25) is 0 Å². The van der Waals surface area contributed by atoms with E-state index in [-0.39, 0.29) is 19.2 Å². The van der Waals surface area contributed by atoms with Crippen LogP contribution < -0.4 is 5.32 Å². The number of carboxylic acids is 1. The van der Waals surface area contributed by atoms with Gasteiger partial charge in [0.25, 0.3) is 0 Å². The number of urea groups is 1. The van der Waals surface area contributed by atoms with E-state index in [4.69, 9.17) is 5.11 Å². The third-order valence-electron chi connectivity index (χ3n) is 3.94. The molecule has 1 aliphatic carbocycles. The summed E-state index contributed by atoms with van der Waals surface area (Å²) >= 11 is 0. The molecule has 3 N–H and O–H groups in total. The molecule has 0 aromatic carbocycles. The molecule has 0 unspecified atom stereocenters. The average molecular weight is 286 g/mol. The molecule has 20 heavy (non-hydrogen) atoms. The summed E-state index contributed by atoms with van der Waals surface area (Å²) in [7, 11) is 0. The van der Waals surface area contributed by atoms with Crippen molar-refractivity contribution < 1.29 is 19.8 Å². The van der Waals surface area contributed by atoms with Crippen molar-refractivity contribution in [3.05, 3.63) is 0 Å². The van der Waals surface area contributed by atoms with Crippen molar-refractivity contribution in [1.82, 2.24) is 10.2 Å². The molecule has 0 aliphatic heterocycles. The lowest BCUT2D eigenvalue weighted by Gasteiger charge is -2.34. The zero-order chi connectivity index (χ0) is 15.2. The third kappa shape index (κ3) is 4.10. The van der Waals surface area contributed by atoms with Gasteiger partial charge in [0.1, 0.15) is 5.54 Å². The van der Waals surface area contributed by atoms with E-state index in [0.717, 1.165) is 25.7 Å². The molecule has 0 atom stereocenters. The first-order valence-electron chi connectivity index (χ1n) is 7.36. The minimum atomic E-state index is -1.16. The van der Waals surface area contributed by atoms with Gasteiger partial charge in [-0.2, -0.15) is 0 Å². The molecule has 0 bridgehead atoms. The van der Waals surface area contributed by atoms with Crippen molar-refractivity contribution in [3.63, 3.8) is 0 Å². The molecule has 6 heteroatoms. The van der Waals surface area contributed by atoms with E-state index in [1.807, 2.05) is 13.8 Å². The topological polar surface area (TPSA) is 89.9 Å². The second kappa shape index (κ2) is 7.47. The van der Waals surface area contributed by atoms with Crippen molar-refractivity contribution in [2.45, 2.75) is 64.0 Å². The number of aliphatic hydroxyl groups is 1. The quantitative estimate of drug-likeness (QED) is 0.669. The predicted molar refractivity (Wildman–Crippen MR) is 75.5 cm³/mol. The molecule has 1 fully saturated rings. The van der Waals surface area contributed by atoms with E-state index in [9.17, 15) is 14.7 Å². The highest BCUT2D eigenvalue weighted by Crippen LogP contribution is 2.27. The highest BCUT2D eigenvalue weighted by molar-refractivity contribution is 5.86. The molecule has 0 spiro atoms. The molecular formula is C14H26N2O4. The Morgan fingerprint density at radius 2 is 1.75 bits per heavy atom. The monoisotopic (exact) mass is 286 g/mol. The lowest BCUT2D eigenvalue weighted by molar-refractivity contribution is -0.145. The number of aliphatic carboxylic acids is 1. The molecule has 6 nitrogen and oxygen atoms in total. The van der Waals surface area contributed by atoms with Gasteiger partial charge >= 0.3 is 12.0 Å². The first-order valence-corrected chi connectivity index (χ1v) is 7.36. The van der Waals surface area contributed by atoms with Crippen LogP contribution in [0, 0.1) is 0 Å². The van der Waals surface area contributed by atoms with E-state index in [1.165, 1.54) is 4.90 Å². The van der Waals surface area contributed by atoms with E-state index < -0.39 is 17.5 Å². The summed E-state index contributed by atoms with van der Waals surface area (Å²) in [4.78, 5) is 25.4. The molecule has 0 heterocycles. The zero-order valence-electron chi connectivity index (χ0n) is 12.4. The average Bonchev–Trinajstić information content (AvgIpc) is 2.61. The number of hydrogen-bond acceptors (Lipinski definition) is 3. The van der Waals surface area contributed by atoms with Crippen LogP contribution in [0.2, 0.25) is 0 Å². The first-order chi connectivity index (χ1) is 9.43. The first kappa shape index (κ1) is 16.8. The Kier molecular flexibility index (Phi) is 6.26. The normalized spacial score (nSPS) is 18.4. The molecule has 2 amide bonds. The minimum absolute atomic E-state index is 0.0845. The van der Waals surface area contributed by atoms with E-state index in [0.29, 0.717) is 12.8 Å². The molecule has 0 radical (unpaired) electrons. The largest absolute Gasteiger partial charge is 0.480 e. The van der Waals surface area contributed by atoms with Gasteiger partial charge in [-0.15, -0.1) is 0 Å². The van der Waals surface area contributed by atoms with E-state index >= 15 is 0 Å². The maximum absolute atomic E-state index is 12.3. The second-order valence-electron chi connectivity index (χ2n) is 5.74. The standard InChI is InChI=1S/C14H26N2O4/c1-11(2)16(9-10-17)13(20)15-14(12(18)19)7-5-3-4-6-8-14/h11,17H,3-10H2,1-2H3,(H,15,20)(H,18,19). The van der Waals surface area contributed by atoms with Gasteiger partial charge in [-0.25, -0.2) is 9.59 Å². The summed E-state index contributed by atoms with van der Waals surface area (Å²) in [5.74, 6) is -0.958. The fraction of sp³-hybridized carbons (Fsp3) is 0.857. The molecule has 116 valence electrons. The number of rotatable bonds is 5. The van der Waals surface area contributed by atoms with Crippen molar-refractivity contribution in [3.8, 4) is 0 Å². The molecule has 1 aliphatic rings. The van der Waals surface area contributed by atoms with Gasteiger partial charge < -0.3 is 20.4 Å². The number of carbonyl (C=O) groups excluding carboxylic acids is 1. The van der Waals surface area contributed by atoms with Crippen LogP contribution in [0.15, 0.2) is 0 Å². The molecule has 0 aromatic rings. The number of nitrogens with zero attached hydrogens (tertiary/aromatic N) is 1. The van der Waals surface area contributed by atoms with Gasteiger partial charge in [-0.1, -0.05) is 25.7 Å². The number of carbonyl (C=O) groups is 2. The Labute approximate surface area is 120 Å². The summed E-state index contributed by atoms with van der Waals surface area (Å²) in [6.45, 7) is 3.76. The van der Waals surface area contributed by atoms with Crippen LogP contribution in [0.1, 0.15) is 52.4 Å². The lowest BCUT2D eigenvalue weighted by atomic mass is 9.90. The van der Waals surface area contributed by atoms with Crippen LogP contribution in [0.4, 0.5) is 4.79 Å². The SMILES string of the molecule is CC(C)N(CCO)C(=O)NC1(C(=O)O)CCCCCC1. The van der Waals surface area contributed by atoms with Crippen LogP contribution in [0.25, 0.3) is 0 Å². The highest BCUT2D eigenvalue weighted by Gasteiger charge is 2.41. The number of nitrogens with one attached hydrogen (secondary N) is 1. The Bertz CT molecular complexity index is 336. The second-order valence-corrected chi connectivity index (χ2v) is 5.74. The molecule has 1 saturated carbocycles. The molecule has 1 rings (SSSR count). The van der Waals surface area contributed by atoms with Crippen molar-refractivity contribution in [2.24, 2.45) is 0 Å². The van der Waals surface area contributed by atoms with Crippen molar-refractivity contribution in [2.75, 3.05) is 13.2 Å². The summed E-state index contributed by atoms with van der Waals surface area (Å²) in [5.41, 5.74) is -1.16. The Morgan fingerprint density at radius 3 is 2.15 bits per heavy atom. The fourth-order valence-corrected chi connectivity index (χ4v) is 2.70. The number of amides is 2. The number of hydrogen-bond donors (Lipinski definition) is 3. The fourth-order valence-electron chi connectivity index (χ4n) is 2.70. The van der Waals surface area contributed by atoms with Crippen molar-refractivity contribution >= 4 is 12.0 Å². The highest BCUT2D eigenvalue weighted by atomic mass is 16.4. The minimum Gasteiger partial charge on any atom is -0.480 e. The summed E-state index contributed by atoms with van der Waals surface area (Å²) in [6, 6.07) is -0.489. The summed E-state index contributed by atoms with van der Waals surface area (Å²) in [5, 5.41) is 21.3. The van der Waals surface area contributed by atoms with Crippen LogP contribution >= 0.6 is 0 Å². The predicted octanol–water partition coefficient (Wildman–Crippen LogP) is 1.58. The summed E-state index contributed by atoms with van der Waals surface area (Å²) < 4.78 is 0. The van der Waals surface area contributed by atoms with Crippen LogP contribution in [0.3, 0.4) is 0 Å². The third-order valence-corrected chi connectivity index (χ3v) is 3.94. The van der Waals surface area contributed by atoms with Crippen LogP contribution in [-0.4, -0.2) is 51.8 Å². The zero-order valence-corrected chi connectivity index (χ0v) is 12.4. The molecular weight excluding hydrogens is 260 g/mol. The Morgan fingerprint density at radius 1 is 1.20 bits per heavy atom. The Hall–Kier alpha value is -1.30. The Balaban J connectivity index is 2.83. The molecule has 0 aromatic heterocycles. The van der Waals surface area contributed by atoms with Gasteiger partial charge in [0, 0.05) is 12.6 Å². The van der Waals surface area contributed by atoms with Gasteiger partial charge in [0.05, 0.1) is 6.61 Å². The van der Waals surface area contributed by atoms with Crippen LogP contribution in [-0.2, 0) is 4.79 Å². The maximum atomic E-state index is 12.3. The number of carboxylic acid groups (broad SMARTS) is 1. The van der Waals surface area contributed by atoms with Crippen molar-refractivity contribution in [1.29, 1.82) is 0 Å². The maximum Gasteiger partial charge on any atom is 0.329 e. The number of aliphatic hydroxyl groups excluding tert-OH is 1.